The average molecular weight is 255 g/mol. The standard InChI is InChI=1S/C12H21N3O3/c1-4-9-12(18)15(11(17)8-13-9)7-5-6-10(16)14(2)3/h9,13H,4-8H2,1-3H3. The van der Waals surface area contributed by atoms with E-state index in [1.165, 1.54) is 9.80 Å². The predicted octanol–water partition coefficient (Wildman–Crippen LogP) is -0.408. The lowest BCUT2D eigenvalue weighted by molar-refractivity contribution is -0.149. The maximum atomic E-state index is 11.9. The number of piperazine rings is 1. The number of nitrogens with one attached hydrogen (secondary N) is 1. The molecule has 102 valence electrons. The fraction of sp³-hybridized carbons (Fsp3) is 0.750. The van der Waals surface area contributed by atoms with Crippen LogP contribution in [0.4, 0.5) is 0 Å². The molecule has 1 aliphatic rings. The van der Waals surface area contributed by atoms with E-state index in [2.05, 4.69) is 5.32 Å². The molecule has 6 heteroatoms. The van der Waals surface area contributed by atoms with Crippen molar-refractivity contribution in [3.63, 3.8) is 0 Å². The second-order valence-corrected chi connectivity index (χ2v) is 4.62. The van der Waals surface area contributed by atoms with E-state index in [1.54, 1.807) is 14.1 Å². The molecule has 0 aromatic carbocycles. The van der Waals surface area contributed by atoms with E-state index >= 15 is 0 Å². The van der Waals surface area contributed by atoms with Crippen molar-refractivity contribution in [1.29, 1.82) is 0 Å². The highest BCUT2D eigenvalue weighted by atomic mass is 16.2. The SMILES string of the molecule is CCC1NCC(=O)N(CCCC(=O)N(C)C)C1=O. The van der Waals surface area contributed by atoms with Crippen LogP contribution in [0.25, 0.3) is 0 Å². The van der Waals surface area contributed by atoms with E-state index in [4.69, 9.17) is 0 Å². The molecule has 3 amide bonds. The van der Waals surface area contributed by atoms with Crippen LogP contribution in [0.5, 0.6) is 0 Å². The first-order valence-corrected chi connectivity index (χ1v) is 6.25. The van der Waals surface area contributed by atoms with Gasteiger partial charge >= 0.3 is 0 Å². The molecule has 1 aliphatic heterocycles. The Morgan fingerprint density at radius 2 is 2.11 bits per heavy atom. The normalized spacial score (nSPS) is 20.2. The van der Waals surface area contributed by atoms with Crippen LogP contribution in [0.15, 0.2) is 0 Å². The molecule has 6 nitrogen and oxygen atoms in total. The van der Waals surface area contributed by atoms with E-state index in [0.29, 0.717) is 25.8 Å². The zero-order valence-electron chi connectivity index (χ0n) is 11.2. The maximum Gasteiger partial charge on any atom is 0.246 e. The zero-order valence-corrected chi connectivity index (χ0v) is 11.2. The Kier molecular flexibility index (Phi) is 5.27. The molecule has 1 unspecified atom stereocenters. The molecule has 0 aromatic heterocycles. The molecule has 0 bridgehead atoms. The Morgan fingerprint density at radius 1 is 1.44 bits per heavy atom. The number of carbonyl (C=O) groups excluding carboxylic acids is 3. The monoisotopic (exact) mass is 255 g/mol. The second kappa shape index (κ2) is 6.49. The van der Waals surface area contributed by atoms with Crippen LogP contribution in [0.1, 0.15) is 26.2 Å². The molecule has 1 atom stereocenters. The number of amides is 3. The van der Waals surface area contributed by atoms with Gasteiger partial charge in [-0.1, -0.05) is 6.92 Å². The summed E-state index contributed by atoms with van der Waals surface area (Å²) in [4.78, 5) is 37.7. The Morgan fingerprint density at radius 3 is 2.67 bits per heavy atom. The molecule has 1 fully saturated rings. The first kappa shape index (κ1) is 14.6. The van der Waals surface area contributed by atoms with Gasteiger partial charge in [-0.15, -0.1) is 0 Å². The fourth-order valence-electron chi connectivity index (χ4n) is 1.87. The summed E-state index contributed by atoms with van der Waals surface area (Å²) in [5, 5.41) is 2.90. The molecule has 0 aromatic rings. The highest BCUT2D eigenvalue weighted by molar-refractivity contribution is 6.01. The van der Waals surface area contributed by atoms with Gasteiger partial charge in [-0.2, -0.15) is 0 Å². The average Bonchev–Trinajstić information content (AvgIpc) is 2.33. The van der Waals surface area contributed by atoms with Crippen LogP contribution < -0.4 is 5.32 Å². The summed E-state index contributed by atoms with van der Waals surface area (Å²) in [6.45, 7) is 2.43. The quantitative estimate of drug-likeness (QED) is 0.678. The van der Waals surface area contributed by atoms with Crippen LogP contribution in [0.3, 0.4) is 0 Å². The lowest BCUT2D eigenvalue weighted by Crippen LogP contribution is -2.58. The maximum absolute atomic E-state index is 11.9. The lowest BCUT2D eigenvalue weighted by atomic mass is 10.1. The molecular weight excluding hydrogens is 234 g/mol. The van der Waals surface area contributed by atoms with Crippen LogP contribution in [-0.2, 0) is 14.4 Å². The van der Waals surface area contributed by atoms with Gasteiger partial charge in [0.2, 0.25) is 17.7 Å². The van der Waals surface area contributed by atoms with E-state index in [-0.39, 0.29) is 30.3 Å². The van der Waals surface area contributed by atoms with Gasteiger partial charge in [0.25, 0.3) is 0 Å². The van der Waals surface area contributed by atoms with Gasteiger partial charge in [0, 0.05) is 27.1 Å². The summed E-state index contributed by atoms with van der Waals surface area (Å²) < 4.78 is 0. The number of rotatable bonds is 5. The van der Waals surface area contributed by atoms with Gasteiger partial charge < -0.3 is 4.90 Å². The summed E-state index contributed by atoms with van der Waals surface area (Å²) in [6.07, 6.45) is 1.54. The van der Waals surface area contributed by atoms with E-state index in [0.717, 1.165) is 0 Å². The molecule has 0 radical (unpaired) electrons. The summed E-state index contributed by atoms with van der Waals surface area (Å²) in [6, 6.07) is -0.271. The molecule has 0 aliphatic carbocycles. The van der Waals surface area contributed by atoms with Crippen molar-refractivity contribution >= 4 is 17.7 Å². The topological polar surface area (TPSA) is 69.7 Å². The predicted molar refractivity (Wildman–Crippen MR) is 66.7 cm³/mol. The molecule has 0 saturated carbocycles. The molecular formula is C12H21N3O3. The largest absolute Gasteiger partial charge is 0.349 e. The molecule has 0 spiro atoms. The summed E-state index contributed by atoms with van der Waals surface area (Å²) >= 11 is 0. The van der Waals surface area contributed by atoms with Crippen LogP contribution in [0.2, 0.25) is 0 Å². The Balaban J connectivity index is 2.46. The number of imide groups is 1. The minimum Gasteiger partial charge on any atom is -0.349 e. The molecule has 1 saturated heterocycles. The van der Waals surface area contributed by atoms with Crippen molar-refractivity contribution in [3.8, 4) is 0 Å². The van der Waals surface area contributed by atoms with E-state index in [9.17, 15) is 14.4 Å². The molecule has 1 N–H and O–H groups in total. The van der Waals surface area contributed by atoms with Crippen LogP contribution in [-0.4, -0.2) is 60.7 Å². The minimum atomic E-state index is -0.271. The van der Waals surface area contributed by atoms with Gasteiger partial charge in [-0.05, 0) is 12.8 Å². The van der Waals surface area contributed by atoms with Crippen molar-refractivity contribution in [2.75, 3.05) is 27.2 Å². The lowest BCUT2D eigenvalue weighted by Gasteiger charge is -2.31. The minimum absolute atomic E-state index is 0.0112. The Labute approximate surface area is 107 Å². The third-order valence-electron chi connectivity index (χ3n) is 3.04. The number of nitrogens with zero attached hydrogens (tertiary/aromatic N) is 2. The van der Waals surface area contributed by atoms with Gasteiger partial charge in [-0.25, -0.2) is 0 Å². The third-order valence-corrected chi connectivity index (χ3v) is 3.04. The second-order valence-electron chi connectivity index (χ2n) is 4.62. The van der Waals surface area contributed by atoms with Crippen molar-refractivity contribution in [2.45, 2.75) is 32.2 Å². The smallest absolute Gasteiger partial charge is 0.246 e. The molecule has 1 heterocycles. The van der Waals surface area contributed by atoms with Crippen molar-refractivity contribution in [3.05, 3.63) is 0 Å². The van der Waals surface area contributed by atoms with Gasteiger partial charge in [-0.3, -0.25) is 24.6 Å². The van der Waals surface area contributed by atoms with Gasteiger partial charge in [0.05, 0.1) is 12.6 Å². The summed E-state index contributed by atoms with van der Waals surface area (Å²) in [7, 11) is 3.38. The highest BCUT2D eigenvalue weighted by Crippen LogP contribution is 2.08. The highest BCUT2D eigenvalue weighted by Gasteiger charge is 2.32. The fourth-order valence-corrected chi connectivity index (χ4v) is 1.87. The van der Waals surface area contributed by atoms with Crippen molar-refractivity contribution < 1.29 is 14.4 Å². The van der Waals surface area contributed by atoms with Gasteiger partial charge in [0.1, 0.15) is 0 Å². The van der Waals surface area contributed by atoms with Crippen molar-refractivity contribution in [1.82, 2.24) is 15.1 Å². The Bertz CT molecular complexity index is 341. The number of hydrogen-bond acceptors (Lipinski definition) is 4. The van der Waals surface area contributed by atoms with Crippen LogP contribution in [0, 0.1) is 0 Å². The van der Waals surface area contributed by atoms with Crippen molar-refractivity contribution in [2.24, 2.45) is 0 Å². The third kappa shape index (κ3) is 3.53. The number of hydrogen-bond donors (Lipinski definition) is 1. The van der Waals surface area contributed by atoms with Crippen LogP contribution >= 0.6 is 0 Å². The Hall–Kier alpha value is -1.43. The first-order chi connectivity index (χ1) is 8.47. The zero-order chi connectivity index (χ0) is 13.7. The molecule has 18 heavy (non-hydrogen) atoms. The molecule has 1 rings (SSSR count). The van der Waals surface area contributed by atoms with E-state index in [1.807, 2.05) is 6.92 Å². The number of carbonyl (C=O) groups is 3. The van der Waals surface area contributed by atoms with E-state index < -0.39 is 0 Å². The van der Waals surface area contributed by atoms with Gasteiger partial charge in [0.15, 0.2) is 0 Å². The summed E-state index contributed by atoms with van der Waals surface area (Å²) in [5.74, 6) is -0.370. The summed E-state index contributed by atoms with van der Waals surface area (Å²) in [5.41, 5.74) is 0. The first-order valence-electron chi connectivity index (χ1n) is 6.25.